The minimum absolute atomic E-state index is 0.238. The molecule has 0 aliphatic carbocycles. The van der Waals surface area contributed by atoms with Crippen LogP contribution in [0.15, 0.2) is 0 Å². The maximum Gasteiger partial charge on any atom is 0.306 e. The normalized spacial score (nSPS) is 18.8. The molecule has 0 bridgehead atoms. The molecule has 0 radical (unpaired) electrons. The van der Waals surface area contributed by atoms with E-state index in [9.17, 15) is 13.2 Å². The molecule has 1 heterocycles. The number of hydrogen-bond donors (Lipinski definition) is 1. The second-order valence-corrected chi connectivity index (χ2v) is 5.82. The third-order valence-electron chi connectivity index (χ3n) is 2.86. The smallest absolute Gasteiger partial charge is 0.306 e. The molecule has 0 saturated carbocycles. The van der Waals surface area contributed by atoms with E-state index in [1.165, 1.54) is 11.4 Å². The van der Waals surface area contributed by atoms with Gasteiger partial charge in [-0.3, -0.25) is 4.79 Å². The van der Waals surface area contributed by atoms with Crippen molar-refractivity contribution in [3.63, 3.8) is 0 Å². The van der Waals surface area contributed by atoms with Crippen LogP contribution >= 0.6 is 0 Å². The highest BCUT2D eigenvalue weighted by atomic mass is 32.2. The Morgan fingerprint density at radius 2 is 1.89 bits per heavy atom. The lowest BCUT2D eigenvalue weighted by Crippen LogP contribution is -2.52. The number of nitrogens with zero attached hydrogens (tertiary/aromatic N) is 2. The molecule has 0 amide bonds. The largest absolute Gasteiger partial charge is 0.469 e. The van der Waals surface area contributed by atoms with Crippen molar-refractivity contribution in [3.8, 4) is 0 Å². The molecular weight excluding hydrogens is 258 g/mol. The first-order valence-electron chi connectivity index (χ1n) is 6.03. The topological polar surface area (TPSA) is 79.0 Å². The number of ether oxygens (including phenoxy) is 1. The van der Waals surface area contributed by atoms with E-state index in [-0.39, 0.29) is 5.97 Å². The summed E-state index contributed by atoms with van der Waals surface area (Å²) in [6.45, 7) is 4.95. The number of piperazine rings is 1. The van der Waals surface area contributed by atoms with Crippen molar-refractivity contribution in [3.05, 3.63) is 0 Å². The van der Waals surface area contributed by atoms with Crippen LogP contribution in [0.5, 0.6) is 0 Å². The average molecular weight is 279 g/mol. The summed E-state index contributed by atoms with van der Waals surface area (Å²) in [5.41, 5.74) is 0. The van der Waals surface area contributed by atoms with E-state index < -0.39 is 10.2 Å². The molecule has 1 aliphatic rings. The van der Waals surface area contributed by atoms with E-state index in [0.717, 1.165) is 0 Å². The van der Waals surface area contributed by atoms with Gasteiger partial charge in [-0.1, -0.05) is 6.92 Å². The molecule has 0 aromatic carbocycles. The Balaban J connectivity index is 2.35. The molecule has 1 aliphatic heterocycles. The summed E-state index contributed by atoms with van der Waals surface area (Å²) in [4.78, 5) is 13.1. The van der Waals surface area contributed by atoms with Gasteiger partial charge in [0, 0.05) is 39.3 Å². The minimum Gasteiger partial charge on any atom is -0.469 e. The van der Waals surface area contributed by atoms with Gasteiger partial charge in [-0.2, -0.15) is 12.7 Å². The Labute approximate surface area is 108 Å². The molecule has 0 unspecified atom stereocenters. The highest BCUT2D eigenvalue weighted by Crippen LogP contribution is 2.06. The van der Waals surface area contributed by atoms with Crippen molar-refractivity contribution in [1.29, 1.82) is 0 Å². The van der Waals surface area contributed by atoms with E-state index >= 15 is 0 Å². The second-order valence-electron chi connectivity index (χ2n) is 4.07. The number of hydrogen-bond acceptors (Lipinski definition) is 5. The summed E-state index contributed by atoms with van der Waals surface area (Å²) in [5.74, 6) is -0.238. The standard InChI is InChI=1S/C10H21N3O4S/c1-3-11-18(15,16)13-8-6-12(7-9-13)5-4-10(14)17-2/h11H,3-9H2,1-2H3. The molecule has 0 spiro atoms. The van der Waals surface area contributed by atoms with Gasteiger partial charge in [0.25, 0.3) is 10.2 Å². The number of esters is 1. The fourth-order valence-electron chi connectivity index (χ4n) is 1.82. The quantitative estimate of drug-likeness (QED) is 0.632. The van der Waals surface area contributed by atoms with E-state index in [2.05, 4.69) is 14.4 Å². The highest BCUT2D eigenvalue weighted by molar-refractivity contribution is 7.87. The lowest BCUT2D eigenvalue weighted by Gasteiger charge is -2.33. The third-order valence-corrected chi connectivity index (χ3v) is 4.56. The fourth-order valence-corrected chi connectivity index (χ4v) is 3.01. The van der Waals surface area contributed by atoms with Gasteiger partial charge in [0.15, 0.2) is 0 Å². The summed E-state index contributed by atoms with van der Waals surface area (Å²) in [7, 11) is -1.96. The van der Waals surface area contributed by atoms with Gasteiger partial charge in [-0.25, -0.2) is 4.72 Å². The lowest BCUT2D eigenvalue weighted by molar-refractivity contribution is -0.141. The molecule has 8 heteroatoms. The molecule has 1 fully saturated rings. The van der Waals surface area contributed by atoms with Crippen molar-refractivity contribution in [2.45, 2.75) is 13.3 Å². The van der Waals surface area contributed by atoms with Gasteiger partial charge < -0.3 is 9.64 Å². The number of carbonyl (C=O) groups is 1. The Hall–Kier alpha value is -0.700. The molecule has 0 aromatic rings. The van der Waals surface area contributed by atoms with Crippen LogP contribution in [0.4, 0.5) is 0 Å². The molecule has 1 saturated heterocycles. The minimum atomic E-state index is -3.33. The molecule has 0 atom stereocenters. The van der Waals surface area contributed by atoms with Gasteiger partial charge in [0.1, 0.15) is 0 Å². The zero-order valence-electron chi connectivity index (χ0n) is 10.9. The van der Waals surface area contributed by atoms with Crippen molar-refractivity contribution in [2.75, 3.05) is 46.4 Å². The number of carbonyl (C=O) groups excluding carboxylic acids is 1. The number of rotatable bonds is 6. The summed E-state index contributed by atoms with van der Waals surface area (Å²) < 4.78 is 31.9. The van der Waals surface area contributed by atoms with Crippen molar-refractivity contribution in [2.24, 2.45) is 0 Å². The van der Waals surface area contributed by atoms with Crippen LogP contribution in [0.25, 0.3) is 0 Å². The second kappa shape index (κ2) is 7.03. The lowest BCUT2D eigenvalue weighted by atomic mass is 10.3. The number of nitrogens with one attached hydrogen (secondary N) is 1. The molecule has 1 rings (SSSR count). The zero-order valence-corrected chi connectivity index (χ0v) is 11.7. The number of methoxy groups -OCH3 is 1. The summed E-state index contributed by atoms with van der Waals surface area (Å²) in [6, 6.07) is 0. The Morgan fingerprint density at radius 3 is 2.39 bits per heavy atom. The van der Waals surface area contributed by atoms with Crippen LogP contribution in [0, 0.1) is 0 Å². The maximum atomic E-state index is 11.7. The zero-order chi connectivity index (χ0) is 13.6. The predicted molar refractivity (Wildman–Crippen MR) is 67.2 cm³/mol. The van der Waals surface area contributed by atoms with Gasteiger partial charge in [-0.15, -0.1) is 0 Å². The van der Waals surface area contributed by atoms with E-state index in [1.54, 1.807) is 6.92 Å². The molecule has 1 N–H and O–H groups in total. The summed E-state index contributed by atoms with van der Waals surface area (Å²) >= 11 is 0. The van der Waals surface area contributed by atoms with Crippen LogP contribution in [-0.4, -0.2) is 70.0 Å². The Bertz CT molecular complexity index is 363. The van der Waals surface area contributed by atoms with Gasteiger partial charge >= 0.3 is 5.97 Å². The molecule has 0 aromatic heterocycles. The Kier molecular flexibility index (Phi) is 6.00. The van der Waals surface area contributed by atoms with Crippen LogP contribution in [0.2, 0.25) is 0 Å². The molecule has 7 nitrogen and oxygen atoms in total. The molecule has 18 heavy (non-hydrogen) atoms. The third kappa shape index (κ3) is 4.52. The first-order valence-corrected chi connectivity index (χ1v) is 7.47. The van der Waals surface area contributed by atoms with Crippen molar-refractivity contribution >= 4 is 16.2 Å². The summed E-state index contributed by atoms with van der Waals surface area (Å²) in [6.07, 6.45) is 0.344. The predicted octanol–water partition coefficient (Wildman–Crippen LogP) is -0.979. The van der Waals surface area contributed by atoms with Crippen LogP contribution in [0.1, 0.15) is 13.3 Å². The first kappa shape index (κ1) is 15.4. The van der Waals surface area contributed by atoms with E-state index in [0.29, 0.717) is 45.7 Å². The van der Waals surface area contributed by atoms with Crippen LogP contribution < -0.4 is 4.72 Å². The first-order chi connectivity index (χ1) is 8.49. The van der Waals surface area contributed by atoms with Crippen molar-refractivity contribution < 1.29 is 17.9 Å². The highest BCUT2D eigenvalue weighted by Gasteiger charge is 2.26. The summed E-state index contributed by atoms with van der Waals surface area (Å²) in [5, 5.41) is 0. The van der Waals surface area contributed by atoms with Crippen molar-refractivity contribution in [1.82, 2.24) is 13.9 Å². The van der Waals surface area contributed by atoms with Crippen LogP contribution in [-0.2, 0) is 19.7 Å². The molecule has 106 valence electrons. The molecular formula is C10H21N3O4S. The fraction of sp³-hybridized carbons (Fsp3) is 0.900. The van der Waals surface area contributed by atoms with E-state index in [4.69, 9.17) is 0 Å². The van der Waals surface area contributed by atoms with Gasteiger partial charge in [0.05, 0.1) is 13.5 Å². The van der Waals surface area contributed by atoms with Crippen LogP contribution in [0.3, 0.4) is 0 Å². The van der Waals surface area contributed by atoms with Gasteiger partial charge in [-0.05, 0) is 0 Å². The Morgan fingerprint density at radius 1 is 1.28 bits per heavy atom. The SMILES string of the molecule is CCNS(=O)(=O)N1CCN(CCC(=O)OC)CC1. The monoisotopic (exact) mass is 279 g/mol. The van der Waals surface area contributed by atoms with E-state index in [1.807, 2.05) is 0 Å². The van der Waals surface area contributed by atoms with Gasteiger partial charge in [0.2, 0.25) is 0 Å². The maximum absolute atomic E-state index is 11.7. The average Bonchev–Trinajstić information content (AvgIpc) is 2.36.